The Morgan fingerprint density at radius 3 is 1.85 bits per heavy atom. The van der Waals surface area contributed by atoms with Gasteiger partial charge < -0.3 is 15.4 Å². The number of rotatable bonds is 10. The molecule has 294 valence electrons. The van der Waals surface area contributed by atoms with E-state index in [4.69, 9.17) is 4.74 Å². The highest BCUT2D eigenvalue weighted by Gasteiger charge is 2.30. The van der Waals surface area contributed by atoms with E-state index in [1.54, 1.807) is 34.4 Å². The average molecular weight is 787 g/mol. The van der Waals surface area contributed by atoms with E-state index in [1.165, 1.54) is 7.11 Å². The second-order valence-electron chi connectivity index (χ2n) is 13.9. The third-order valence-electron chi connectivity index (χ3n) is 9.72. The Balaban J connectivity index is 0.000000152. The summed E-state index contributed by atoms with van der Waals surface area (Å²) < 4.78 is 12.6. The molecule has 6 aromatic heterocycles. The lowest BCUT2D eigenvalue weighted by molar-refractivity contribution is -0.117. The zero-order valence-electron chi connectivity index (χ0n) is 32.6. The molecule has 0 radical (unpaired) electrons. The second-order valence-corrected chi connectivity index (χ2v) is 13.9. The van der Waals surface area contributed by atoms with Crippen molar-refractivity contribution in [2.75, 3.05) is 17.7 Å². The van der Waals surface area contributed by atoms with Crippen LogP contribution in [-0.4, -0.2) is 82.0 Å². The molecule has 1 aliphatic carbocycles. The van der Waals surface area contributed by atoms with Crippen LogP contribution < -0.4 is 15.4 Å². The molecule has 59 heavy (non-hydrogen) atoms. The lowest BCUT2D eigenvalue weighted by atomic mass is 10.1. The van der Waals surface area contributed by atoms with Crippen LogP contribution in [0.4, 0.5) is 17.3 Å². The molecular formula is C41H38N16O2. The number of anilines is 3. The molecule has 0 aliphatic heterocycles. The maximum absolute atomic E-state index is 12.1. The van der Waals surface area contributed by atoms with Crippen molar-refractivity contribution >= 4 is 45.3 Å². The number of fused-ring (bicyclic) bond motifs is 2. The minimum Gasteiger partial charge on any atom is -0.478 e. The summed E-state index contributed by atoms with van der Waals surface area (Å²) in [5, 5.41) is 31.9. The van der Waals surface area contributed by atoms with Crippen molar-refractivity contribution in [1.82, 2.24) is 69.0 Å². The molecule has 9 aromatic rings. The number of carbonyl (C=O) groups excluding carboxylic acids is 1. The van der Waals surface area contributed by atoms with Gasteiger partial charge in [-0.1, -0.05) is 37.3 Å². The molecule has 0 unspecified atom stereocenters. The van der Waals surface area contributed by atoms with Crippen LogP contribution in [-0.2, 0) is 25.3 Å². The molecule has 10 rings (SSSR count). The van der Waals surface area contributed by atoms with Crippen LogP contribution in [0.5, 0.6) is 5.88 Å². The molecule has 1 saturated carbocycles. The smallest absolute Gasteiger partial charge is 0.257 e. The normalized spacial score (nSPS) is 12.3. The maximum atomic E-state index is 12.1. The summed E-state index contributed by atoms with van der Waals surface area (Å²) in [5.74, 6) is 2.68. The Morgan fingerprint density at radius 2 is 1.29 bits per heavy atom. The molecule has 18 heteroatoms. The average Bonchev–Trinajstić information content (AvgIpc) is 3.53. The van der Waals surface area contributed by atoms with E-state index < -0.39 is 0 Å². The molecule has 0 atom stereocenters. The highest BCUT2D eigenvalue weighted by atomic mass is 16.5. The number of amides is 1. The summed E-state index contributed by atoms with van der Waals surface area (Å²) in [5.41, 5.74) is 8.55. The summed E-state index contributed by atoms with van der Waals surface area (Å²) in [6, 6.07) is 25.5. The number of imidazole rings is 2. The molecule has 0 saturated heterocycles. The summed E-state index contributed by atoms with van der Waals surface area (Å²) >= 11 is 0. The SMILES string of the molecule is CCc1nnc(Nc2ccccc2)cc1-n1cnc2c(-c3ncn(C)n3)cccc21.COc1nnc(NC(=O)C2CC2)cc1-n1cnc2c(-c3ncn(C)n3)cccc21. The first kappa shape index (κ1) is 36.7. The molecule has 2 N–H and O–H groups in total. The quantitative estimate of drug-likeness (QED) is 0.167. The van der Waals surface area contributed by atoms with Crippen molar-refractivity contribution < 1.29 is 9.53 Å². The van der Waals surface area contributed by atoms with Gasteiger partial charge in [-0.3, -0.25) is 23.3 Å². The number of carbonyl (C=O) groups is 1. The van der Waals surface area contributed by atoms with Gasteiger partial charge in [-0.25, -0.2) is 19.9 Å². The van der Waals surface area contributed by atoms with E-state index >= 15 is 0 Å². The van der Waals surface area contributed by atoms with Gasteiger partial charge in [0, 0.05) is 49.0 Å². The van der Waals surface area contributed by atoms with Crippen LogP contribution in [0.25, 0.3) is 56.2 Å². The van der Waals surface area contributed by atoms with E-state index in [0.29, 0.717) is 34.9 Å². The van der Waals surface area contributed by atoms with Gasteiger partial charge in [-0.2, -0.15) is 15.3 Å². The van der Waals surface area contributed by atoms with Crippen molar-refractivity contribution in [3.63, 3.8) is 0 Å². The molecule has 1 aliphatic rings. The van der Waals surface area contributed by atoms with Gasteiger partial charge in [0.05, 0.1) is 40.6 Å². The predicted molar refractivity (Wildman–Crippen MR) is 220 cm³/mol. The van der Waals surface area contributed by atoms with Gasteiger partial charge in [0.15, 0.2) is 23.3 Å². The topological polar surface area (TPSA) is 199 Å². The number of ether oxygens (including phenoxy) is 1. The van der Waals surface area contributed by atoms with Gasteiger partial charge in [-0.05, 0) is 55.7 Å². The Hall–Kier alpha value is -7.89. The molecule has 6 heterocycles. The van der Waals surface area contributed by atoms with Crippen LogP contribution in [0.1, 0.15) is 25.5 Å². The van der Waals surface area contributed by atoms with E-state index in [0.717, 1.165) is 69.5 Å². The Labute approximate surface area is 337 Å². The molecule has 1 fully saturated rings. The highest BCUT2D eigenvalue weighted by Crippen LogP contribution is 2.33. The van der Waals surface area contributed by atoms with E-state index in [2.05, 4.69) is 68.1 Å². The van der Waals surface area contributed by atoms with E-state index in [9.17, 15) is 4.79 Å². The third kappa shape index (κ3) is 7.41. The first-order valence-electron chi connectivity index (χ1n) is 18.9. The van der Waals surface area contributed by atoms with Gasteiger partial charge in [-0.15, -0.1) is 15.3 Å². The number of methoxy groups -OCH3 is 1. The van der Waals surface area contributed by atoms with Gasteiger partial charge in [0.2, 0.25) is 5.91 Å². The van der Waals surface area contributed by atoms with Crippen molar-refractivity contribution in [2.45, 2.75) is 26.2 Å². The number of nitrogens with one attached hydrogen (secondary N) is 2. The third-order valence-corrected chi connectivity index (χ3v) is 9.72. The van der Waals surface area contributed by atoms with Crippen LogP contribution in [0.15, 0.2) is 104 Å². The van der Waals surface area contributed by atoms with Crippen molar-refractivity contribution in [2.24, 2.45) is 20.0 Å². The molecule has 0 bridgehead atoms. The molecule has 1 amide bonds. The van der Waals surface area contributed by atoms with Gasteiger partial charge in [0.1, 0.15) is 31.0 Å². The van der Waals surface area contributed by atoms with Crippen LogP contribution in [0, 0.1) is 5.92 Å². The fraction of sp³-hybridized carbons (Fsp3) is 0.195. The van der Waals surface area contributed by atoms with Crippen LogP contribution in [0.2, 0.25) is 0 Å². The predicted octanol–water partition coefficient (Wildman–Crippen LogP) is 5.89. The van der Waals surface area contributed by atoms with Crippen molar-refractivity contribution in [1.29, 1.82) is 0 Å². The number of aryl methyl sites for hydroxylation is 3. The fourth-order valence-electron chi connectivity index (χ4n) is 6.67. The zero-order chi connectivity index (χ0) is 40.5. The Kier molecular flexibility index (Phi) is 9.69. The van der Waals surface area contributed by atoms with E-state index in [-0.39, 0.29) is 11.8 Å². The Morgan fingerprint density at radius 1 is 0.695 bits per heavy atom. The van der Waals surface area contributed by atoms with Crippen molar-refractivity contribution in [3.8, 4) is 40.0 Å². The summed E-state index contributed by atoms with van der Waals surface area (Å²) in [7, 11) is 5.20. The summed E-state index contributed by atoms with van der Waals surface area (Å²) in [4.78, 5) is 30.1. The largest absolute Gasteiger partial charge is 0.478 e. The van der Waals surface area contributed by atoms with Crippen molar-refractivity contribution in [3.05, 3.63) is 110 Å². The fourth-order valence-corrected chi connectivity index (χ4v) is 6.67. The first-order chi connectivity index (χ1) is 28.9. The number of nitrogens with zero attached hydrogens (tertiary/aromatic N) is 14. The number of hydrogen-bond donors (Lipinski definition) is 2. The summed E-state index contributed by atoms with van der Waals surface area (Å²) in [6.45, 7) is 2.07. The molecule has 3 aromatic carbocycles. The lowest BCUT2D eigenvalue weighted by Crippen LogP contribution is -2.15. The van der Waals surface area contributed by atoms with Crippen LogP contribution in [0.3, 0.4) is 0 Å². The molecule has 18 nitrogen and oxygen atoms in total. The number of benzene rings is 3. The highest BCUT2D eigenvalue weighted by molar-refractivity contribution is 5.94. The van der Waals surface area contributed by atoms with Gasteiger partial charge in [0.25, 0.3) is 5.88 Å². The standard InChI is InChI=1S/C22H20N8.C19H18N8O2/c1-3-17-19(12-20(27-26-17)25-15-8-5-4-6-9-15)30-14-23-21-16(10-7-11-18(21)30)22-24-13-29(2)28-22;1-26-9-21-17(25-26)12-4-3-5-13-16(12)20-10-27(13)14-8-15(23-24-19(14)29-2)22-18(28)11-6-7-11/h4-14H,3H2,1-2H3,(H,25,27);3-5,8-11H,6-7H2,1-2H3,(H,22,23,28). The van der Waals surface area contributed by atoms with Gasteiger partial charge >= 0.3 is 0 Å². The summed E-state index contributed by atoms with van der Waals surface area (Å²) in [6.07, 6.45) is 9.43. The zero-order valence-corrected chi connectivity index (χ0v) is 32.6. The minimum absolute atomic E-state index is 0.0329. The second kappa shape index (κ2) is 15.6. The molecular weight excluding hydrogens is 749 g/mol. The minimum atomic E-state index is -0.0329. The molecule has 0 spiro atoms. The first-order valence-corrected chi connectivity index (χ1v) is 18.9. The number of aromatic nitrogens is 14. The Bertz CT molecular complexity index is 2940. The van der Waals surface area contributed by atoms with Crippen LogP contribution >= 0.6 is 0 Å². The lowest BCUT2D eigenvalue weighted by Gasteiger charge is -2.12. The number of para-hydroxylation sites is 3. The maximum Gasteiger partial charge on any atom is 0.257 e. The monoisotopic (exact) mass is 786 g/mol. The number of hydrogen-bond acceptors (Lipinski definition) is 13. The van der Waals surface area contributed by atoms with E-state index in [1.807, 2.05) is 102 Å².